The first kappa shape index (κ1) is 23.9. The van der Waals surface area contributed by atoms with E-state index in [1.165, 1.54) is 0 Å². The van der Waals surface area contributed by atoms with E-state index in [0.29, 0.717) is 25.3 Å². The van der Waals surface area contributed by atoms with E-state index in [0.717, 1.165) is 28.4 Å². The largest absolute Gasteiger partial charge is 0.484 e. The summed E-state index contributed by atoms with van der Waals surface area (Å²) >= 11 is 3.39. The number of halogens is 1. The molecule has 0 spiro atoms. The fourth-order valence-corrected chi connectivity index (χ4v) is 3.34. The van der Waals surface area contributed by atoms with Crippen molar-refractivity contribution in [1.82, 2.24) is 10.2 Å². The fraction of sp³-hybridized carbons (Fsp3) is 0.417. The summed E-state index contributed by atoms with van der Waals surface area (Å²) in [4.78, 5) is 27.5. The first-order chi connectivity index (χ1) is 14.4. The Morgan fingerprint density at radius 1 is 1.07 bits per heavy atom. The van der Waals surface area contributed by atoms with Crippen molar-refractivity contribution in [1.29, 1.82) is 0 Å². The van der Waals surface area contributed by atoms with E-state index in [9.17, 15) is 9.59 Å². The van der Waals surface area contributed by atoms with Gasteiger partial charge in [-0.3, -0.25) is 9.59 Å². The number of nitrogens with one attached hydrogen (secondary N) is 1. The Bertz CT molecular complexity index is 806. The van der Waals surface area contributed by atoms with Crippen LogP contribution in [0.2, 0.25) is 0 Å². The van der Waals surface area contributed by atoms with Gasteiger partial charge in [-0.05, 0) is 49.6 Å². The predicted octanol–water partition coefficient (Wildman–Crippen LogP) is 4.86. The second-order valence-electron chi connectivity index (χ2n) is 7.32. The molecule has 0 aromatic heterocycles. The summed E-state index contributed by atoms with van der Waals surface area (Å²) in [7, 11) is 0. The van der Waals surface area contributed by atoms with Gasteiger partial charge in [-0.2, -0.15) is 0 Å². The Balaban J connectivity index is 2.15. The van der Waals surface area contributed by atoms with Gasteiger partial charge in [0.05, 0.1) is 0 Å². The Hall–Kier alpha value is -2.34. The molecule has 30 heavy (non-hydrogen) atoms. The molecule has 2 aromatic carbocycles. The lowest BCUT2D eigenvalue weighted by Gasteiger charge is -2.30. The molecule has 2 aromatic rings. The minimum absolute atomic E-state index is 0.116. The van der Waals surface area contributed by atoms with Crippen LogP contribution in [0.4, 0.5) is 0 Å². The molecule has 0 fully saturated rings. The van der Waals surface area contributed by atoms with Gasteiger partial charge in [0.2, 0.25) is 5.91 Å². The summed E-state index contributed by atoms with van der Waals surface area (Å²) in [5.74, 6) is 0.285. The number of ether oxygens (including phenoxy) is 1. The fourth-order valence-electron chi connectivity index (χ4n) is 3.07. The van der Waals surface area contributed by atoms with Crippen LogP contribution in [-0.2, 0) is 16.1 Å². The van der Waals surface area contributed by atoms with Gasteiger partial charge in [-0.25, -0.2) is 0 Å². The van der Waals surface area contributed by atoms with E-state index in [4.69, 9.17) is 4.74 Å². The lowest BCUT2D eigenvalue weighted by molar-refractivity contribution is -0.143. The third-order valence-corrected chi connectivity index (χ3v) is 5.39. The third kappa shape index (κ3) is 7.48. The average molecular weight is 475 g/mol. The molecule has 0 heterocycles. The third-order valence-electron chi connectivity index (χ3n) is 4.86. The molecule has 162 valence electrons. The van der Waals surface area contributed by atoms with Gasteiger partial charge in [-0.1, -0.05) is 66.0 Å². The number of hydrogen-bond acceptors (Lipinski definition) is 3. The minimum atomic E-state index is -0.538. The van der Waals surface area contributed by atoms with E-state index >= 15 is 0 Å². The molecule has 0 radical (unpaired) electrons. The smallest absolute Gasteiger partial charge is 0.261 e. The summed E-state index contributed by atoms with van der Waals surface area (Å²) in [6.45, 7) is 6.89. The highest BCUT2D eigenvalue weighted by molar-refractivity contribution is 9.10. The molecular weight excluding hydrogens is 444 g/mol. The Kier molecular flexibility index (Phi) is 9.87. The number of unbranched alkanes of at least 4 members (excludes halogenated alkanes) is 1. The highest BCUT2D eigenvalue weighted by atomic mass is 79.9. The van der Waals surface area contributed by atoms with Crippen LogP contribution in [-0.4, -0.2) is 35.9 Å². The van der Waals surface area contributed by atoms with Gasteiger partial charge < -0.3 is 15.0 Å². The van der Waals surface area contributed by atoms with E-state index in [2.05, 4.69) is 28.2 Å². The SMILES string of the molecule is CCCCNC(=O)C(CC)N(Cc1ccc(C)cc1)C(=O)COc1ccc(Br)cc1. The van der Waals surface area contributed by atoms with Crippen LogP contribution < -0.4 is 10.1 Å². The summed E-state index contributed by atoms with van der Waals surface area (Å²) in [5, 5.41) is 2.97. The standard InChI is InChI=1S/C24H31BrN2O3/c1-4-6-15-26-24(29)22(5-2)27(16-19-9-7-18(3)8-10-19)23(28)17-30-21-13-11-20(25)12-14-21/h7-14,22H,4-6,15-17H2,1-3H3,(H,26,29). The van der Waals surface area contributed by atoms with Crippen molar-refractivity contribution in [2.75, 3.05) is 13.2 Å². The Morgan fingerprint density at radius 2 is 1.73 bits per heavy atom. The Morgan fingerprint density at radius 3 is 2.33 bits per heavy atom. The number of carbonyl (C=O) groups excluding carboxylic acids is 2. The molecule has 0 saturated heterocycles. The Labute approximate surface area is 187 Å². The van der Waals surface area contributed by atoms with E-state index in [1.54, 1.807) is 17.0 Å². The zero-order chi connectivity index (χ0) is 21.9. The van der Waals surface area contributed by atoms with Crippen molar-refractivity contribution in [2.45, 2.75) is 52.6 Å². The van der Waals surface area contributed by atoms with E-state index < -0.39 is 6.04 Å². The van der Waals surface area contributed by atoms with E-state index in [-0.39, 0.29) is 18.4 Å². The highest BCUT2D eigenvalue weighted by Gasteiger charge is 2.28. The molecule has 0 aliphatic rings. The van der Waals surface area contributed by atoms with Crippen LogP contribution in [0.3, 0.4) is 0 Å². The second kappa shape index (κ2) is 12.4. The minimum Gasteiger partial charge on any atom is -0.484 e. The molecular formula is C24H31BrN2O3. The molecule has 0 bridgehead atoms. The number of benzene rings is 2. The van der Waals surface area contributed by atoms with Crippen LogP contribution in [0.25, 0.3) is 0 Å². The lowest BCUT2D eigenvalue weighted by atomic mass is 10.1. The molecule has 1 atom stereocenters. The summed E-state index contributed by atoms with van der Waals surface area (Å²) in [5.41, 5.74) is 2.14. The zero-order valence-electron chi connectivity index (χ0n) is 18.0. The highest BCUT2D eigenvalue weighted by Crippen LogP contribution is 2.17. The molecule has 1 unspecified atom stereocenters. The van der Waals surface area contributed by atoms with Crippen molar-refractivity contribution >= 4 is 27.7 Å². The second-order valence-corrected chi connectivity index (χ2v) is 8.23. The van der Waals surface area contributed by atoms with Crippen molar-refractivity contribution < 1.29 is 14.3 Å². The normalized spacial score (nSPS) is 11.6. The van der Waals surface area contributed by atoms with Crippen LogP contribution >= 0.6 is 15.9 Å². The molecule has 2 amide bonds. The van der Waals surface area contributed by atoms with Gasteiger partial charge in [0.15, 0.2) is 6.61 Å². The summed E-state index contributed by atoms with van der Waals surface area (Å²) in [6, 6.07) is 14.8. The van der Waals surface area contributed by atoms with Crippen LogP contribution in [0.15, 0.2) is 53.0 Å². The zero-order valence-corrected chi connectivity index (χ0v) is 19.6. The van der Waals surface area contributed by atoms with Gasteiger partial charge >= 0.3 is 0 Å². The number of hydrogen-bond donors (Lipinski definition) is 1. The van der Waals surface area contributed by atoms with Gasteiger partial charge in [-0.15, -0.1) is 0 Å². The van der Waals surface area contributed by atoms with Crippen molar-refractivity contribution in [3.8, 4) is 5.75 Å². The topological polar surface area (TPSA) is 58.6 Å². The first-order valence-electron chi connectivity index (χ1n) is 10.5. The quantitative estimate of drug-likeness (QED) is 0.473. The molecule has 0 aliphatic carbocycles. The van der Waals surface area contributed by atoms with Crippen LogP contribution in [0.1, 0.15) is 44.2 Å². The monoisotopic (exact) mass is 474 g/mol. The molecule has 0 saturated carbocycles. The number of aryl methyl sites for hydroxylation is 1. The predicted molar refractivity (Wildman–Crippen MR) is 123 cm³/mol. The van der Waals surface area contributed by atoms with E-state index in [1.807, 2.05) is 50.2 Å². The van der Waals surface area contributed by atoms with Crippen molar-refractivity contribution in [3.05, 3.63) is 64.1 Å². The molecule has 0 aliphatic heterocycles. The maximum atomic E-state index is 13.1. The maximum absolute atomic E-state index is 13.1. The number of nitrogens with zero attached hydrogens (tertiary/aromatic N) is 1. The van der Waals surface area contributed by atoms with Gasteiger partial charge in [0, 0.05) is 17.6 Å². The van der Waals surface area contributed by atoms with Gasteiger partial charge in [0.1, 0.15) is 11.8 Å². The number of rotatable bonds is 11. The molecule has 6 heteroatoms. The maximum Gasteiger partial charge on any atom is 0.261 e. The summed E-state index contributed by atoms with van der Waals surface area (Å²) in [6.07, 6.45) is 2.46. The molecule has 1 N–H and O–H groups in total. The van der Waals surface area contributed by atoms with Crippen molar-refractivity contribution in [3.63, 3.8) is 0 Å². The average Bonchev–Trinajstić information content (AvgIpc) is 2.74. The van der Waals surface area contributed by atoms with Gasteiger partial charge in [0.25, 0.3) is 5.91 Å². The van der Waals surface area contributed by atoms with Crippen LogP contribution in [0, 0.1) is 6.92 Å². The summed E-state index contributed by atoms with van der Waals surface area (Å²) < 4.78 is 6.63. The van der Waals surface area contributed by atoms with Crippen molar-refractivity contribution in [2.24, 2.45) is 0 Å². The molecule has 2 rings (SSSR count). The van der Waals surface area contributed by atoms with Crippen LogP contribution in [0.5, 0.6) is 5.75 Å². The number of carbonyl (C=O) groups is 2. The lowest BCUT2D eigenvalue weighted by Crippen LogP contribution is -2.50. The number of amides is 2. The molecule has 5 nitrogen and oxygen atoms in total. The first-order valence-corrected chi connectivity index (χ1v) is 11.2.